The molecular formula is C6H9ClO2Sn. The summed E-state index contributed by atoms with van der Waals surface area (Å²) in [6, 6.07) is 10.2. The molecule has 0 spiro atoms. The second kappa shape index (κ2) is 7.34. The van der Waals surface area contributed by atoms with Gasteiger partial charge < -0.3 is 11.0 Å². The molecule has 1 aromatic rings. The Labute approximate surface area is 73.8 Å². The van der Waals surface area contributed by atoms with Gasteiger partial charge in [-0.3, -0.25) is 0 Å². The fourth-order valence-corrected chi connectivity index (χ4v) is 2.26. The molecule has 0 saturated carbocycles. The van der Waals surface area contributed by atoms with E-state index in [2.05, 4.69) is 12.1 Å². The van der Waals surface area contributed by atoms with Crippen LogP contribution in [0.4, 0.5) is 0 Å². The van der Waals surface area contributed by atoms with Crippen LogP contribution in [0.1, 0.15) is 0 Å². The van der Waals surface area contributed by atoms with Crippen molar-refractivity contribution in [1.82, 2.24) is 0 Å². The molecule has 4 heteroatoms. The number of hydrogen-bond donors (Lipinski definition) is 0. The molecule has 0 fully saturated rings. The van der Waals surface area contributed by atoms with E-state index in [0.717, 1.165) is 0 Å². The van der Waals surface area contributed by atoms with Crippen LogP contribution in [-0.4, -0.2) is 31.0 Å². The van der Waals surface area contributed by atoms with Crippen molar-refractivity contribution in [2.75, 3.05) is 0 Å². The Hall–Kier alpha value is 0.229. The molecule has 1 aromatic carbocycles. The van der Waals surface area contributed by atoms with Gasteiger partial charge in [0.1, 0.15) is 0 Å². The van der Waals surface area contributed by atoms with Crippen molar-refractivity contribution in [2.45, 2.75) is 0 Å². The van der Waals surface area contributed by atoms with Crippen LogP contribution in [0.2, 0.25) is 0 Å². The molecule has 2 radical (unpaired) electrons. The number of hydrogen-bond acceptors (Lipinski definition) is 0. The molecule has 0 unspecified atom stereocenters. The minimum atomic E-state index is -0.671. The van der Waals surface area contributed by atoms with E-state index in [4.69, 9.17) is 8.92 Å². The van der Waals surface area contributed by atoms with Crippen LogP contribution in [-0.2, 0) is 0 Å². The molecule has 0 bridgehead atoms. The number of halogens is 1. The van der Waals surface area contributed by atoms with Gasteiger partial charge in [-0.15, -0.1) is 0 Å². The van der Waals surface area contributed by atoms with E-state index in [0.29, 0.717) is 0 Å². The summed E-state index contributed by atoms with van der Waals surface area (Å²) in [5, 5.41) is 0. The maximum atomic E-state index is 5.70. The van der Waals surface area contributed by atoms with Crippen LogP contribution < -0.4 is 3.58 Å². The molecule has 0 aromatic heterocycles. The van der Waals surface area contributed by atoms with Gasteiger partial charge in [-0.2, -0.15) is 0 Å². The van der Waals surface area contributed by atoms with Crippen LogP contribution in [0.15, 0.2) is 30.3 Å². The van der Waals surface area contributed by atoms with Crippen LogP contribution in [0.5, 0.6) is 0 Å². The van der Waals surface area contributed by atoms with Crippen molar-refractivity contribution in [3.05, 3.63) is 30.3 Å². The molecule has 0 aliphatic heterocycles. The zero-order chi connectivity index (χ0) is 5.82. The maximum absolute atomic E-state index is 5.70. The van der Waals surface area contributed by atoms with Crippen molar-refractivity contribution in [2.24, 2.45) is 0 Å². The Bertz CT molecular complexity index is 157. The summed E-state index contributed by atoms with van der Waals surface area (Å²) in [6.07, 6.45) is 0. The summed E-state index contributed by atoms with van der Waals surface area (Å²) in [5.41, 5.74) is 0. The van der Waals surface area contributed by atoms with Gasteiger partial charge in [0.2, 0.25) is 0 Å². The molecule has 1 rings (SSSR count). The second-order valence-electron chi connectivity index (χ2n) is 1.46. The second-order valence-corrected chi connectivity index (χ2v) is 4.92. The molecule has 0 atom stereocenters. The summed E-state index contributed by atoms with van der Waals surface area (Å²) in [5.74, 6) is 0. The third-order valence-corrected chi connectivity index (χ3v) is 3.92. The summed E-state index contributed by atoms with van der Waals surface area (Å²) in [4.78, 5) is 0. The van der Waals surface area contributed by atoms with E-state index in [-0.39, 0.29) is 11.0 Å². The Morgan fingerprint density at radius 3 is 1.80 bits per heavy atom. The fraction of sp³-hybridized carbons (Fsp3) is 0. The molecule has 0 saturated heterocycles. The molecule has 10 heavy (non-hydrogen) atoms. The summed E-state index contributed by atoms with van der Waals surface area (Å²) in [7, 11) is 5.70. The first-order valence-corrected chi connectivity index (χ1v) is 7.39. The third-order valence-electron chi connectivity index (χ3n) is 0.883. The van der Waals surface area contributed by atoms with Gasteiger partial charge in [0.25, 0.3) is 0 Å². The van der Waals surface area contributed by atoms with Crippen molar-refractivity contribution < 1.29 is 11.0 Å². The van der Waals surface area contributed by atoms with Crippen molar-refractivity contribution >= 4 is 32.5 Å². The zero-order valence-corrected chi connectivity index (χ0v) is 8.87. The Kier molecular flexibility index (Phi) is 9.44. The zero-order valence-electron chi connectivity index (χ0n) is 5.26. The SMILES string of the molecule is O.O.[Cl][Sn][c]1ccccc1. The predicted molar refractivity (Wildman–Crippen MR) is 44.9 cm³/mol. The van der Waals surface area contributed by atoms with Crippen LogP contribution in [0, 0.1) is 0 Å². The van der Waals surface area contributed by atoms with Gasteiger partial charge in [0, 0.05) is 0 Å². The first-order chi connectivity index (χ1) is 3.93. The van der Waals surface area contributed by atoms with Gasteiger partial charge in [0.15, 0.2) is 0 Å². The van der Waals surface area contributed by atoms with Crippen LogP contribution in [0.25, 0.3) is 0 Å². The Morgan fingerprint density at radius 2 is 1.50 bits per heavy atom. The summed E-state index contributed by atoms with van der Waals surface area (Å²) < 4.78 is 1.35. The van der Waals surface area contributed by atoms with Gasteiger partial charge in [-0.1, -0.05) is 0 Å². The van der Waals surface area contributed by atoms with Gasteiger partial charge in [0.05, 0.1) is 0 Å². The minimum absolute atomic E-state index is 0. The fourth-order valence-electron chi connectivity index (χ4n) is 0.501. The van der Waals surface area contributed by atoms with E-state index in [1.54, 1.807) is 0 Å². The van der Waals surface area contributed by atoms with Crippen molar-refractivity contribution in [3.8, 4) is 0 Å². The Balaban J connectivity index is 0. The average molecular weight is 267 g/mol. The van der Waals surface area contributed by atoms with E-state index < -0.39 is 20.0 Å². The van der Waals surface area contributed by atoms with Gasteiger partial charge in [-0.25, -0.2) is 0 Å². The first-order valence-electron chi connectivity index (χ1n) is 2.35. The number of benzene rings is 1. The molecule has 4 N–H and O–H groups in total. The summed E-state index contributed by atoms with van der Waals surface area (Å²) in [6.45, 7) is 0. The Morgan fingerprint density at radius 1 is 1.00 bits per heavy atom. The molecule has 0 amide bonds. The molecule has 0 aliphatic carbocycles. The van der Waals surface area contributed by atoms with E-state index in [9.17, 15) is 0 Å². The molecule has 0 heterocycles. The third kappa shape index (κ3) is 4.11. The monoisotopic (exact) mass is 268 g/mol. The first kappa shape index (κ1) is 12.9. The quantitative estimate of drug-likeness (QED) is 0.617. The molecule has 0 aliphatic rings. The van der Waals surface area contributed by atoms with Crippen molar-refractivity contribution in [3.63, 3.8) is 0 Å². The molecule has 2 nitrogen and oxygen atoms in total. The van der Waals surface area contributed by atoms with E-state index in [1.807, 2.05) is 18.2 Å². The standard InChI is InChI=1S/C6H5.ClH.2H2O.Sn/c1-2-4-6-5-3-1;;;;/h1-5H;1H;2*1H2;/q;;;;+1/p-1. The van der Waals surface area contributed by atoms with Gasteiger partial charge in [-0.05, 0) is 0 Å². The topological polar surface area (TPSA) is 63.0 Å². The van der Waals surface area contributed by atoms with Crippen LogP contribution >= 0.6 is 8.92 Å². The van der Waals surface area contributed by atoms with Crippen molar-refractivity contribution in [1.29, 1.82) is 0 Å². The van der Waals surface area contributed by atoms with Gasteiger partial charge >= 0.3 is 62.8 Å². The van der Waals surface area contributed by atoms with Crippen LogP contribution in [0.3, 0.4) is 0 Å². The molecular weight excluding hydrogens is 258 g/mol. The van der Waals surface area contributed by atoms with E-state index >= 15 is 0 Å². The molecule has 56 valence electrons. The average Bonchev–Trinajstić information content (AvgIpc) is 1.90. The predicted octanol–water partition coefficient (Wildman–Crippen LogP) is -0.480. The summed E-state index contributed by atoms with van der Waals surface area (Å²) >= 11 is -0.671. The number of rotatable bonds is 1. The normalized spacial score (nSPS) is 7.30. The van der Waals surface area contributed by atoms with E-state index in [1.165, 1.54) is 3.58 Å².